The van der Waals surface area contributed by atoms with E-state index in [4.69, 9.17) is 24.4 Å². The first-order valence-electron chi connectivity index (χ1n) is 15.2. The summed E-state index contributed by atoms with van der Waals surface area (Å²) in [6.45, 7) is 7.33. The Morgan fingerprint density at radius 2 is 1.91 bits per heavy atom. The van der Waals surface area contributed by atoms with E-state index >= 15 is 0 Å². The molecule has 0 fully saturated rings. The van der Waals surface area contributed by atoms with Crippen LogP contribution in [0.15, 0.2) is 81.3 Å². The Balaban J connectivity index is 2.03. The minimum absolute atomic E-state index is 0.134. The number of nitrogens with two attached hydrogens (primary N) is 1. The van der Waals surface area contributed by atoms with Gasteiger partial charge >= 0.3 is 6.09 Å². The molecule has 0 unspecified atom stereocenters. The summed E-state index contributed by atoms with van der Waals surface area (Å²) >= 11 is 0. The minimum atomic E-state index is -1.00. The van der Waals surface area contributed by atoms with E-state index in [2.05, 4.69) is 10.6 Å². The lowest BCUT2D eigenvalue weighted by atomic mass is 9.85. The van der Waals surface area contributed by atoms with Gasteiger partial charge in [0, 0.05) is 50.3 Å². The molecule has 12 heteroatoms. The molecule has 0 spiro atoms. The maximum absolute atomic E-state index is 13.8. The van der Waals surface area contributed by atoms with Crippen LogP contribution in [-0.2, 0) is 35.0 Å². The molecule has 12 nitrogen and oxygen atoms in total. The van der Waals surface area contributed by atoms with Crippen molar-refractivity contribution in [2.24, 2.45) is 17.6 Å². The highest BCUT2D eigenvalue weighted by molar-refractivity contribution is 6.23. The molecule has 1 aromatic heterocycles. The van der Waals surface area contributed by atoms with E-state index in [1.165, 1.54) is 20.3 Å². The van der Waals surface area contributed by atoms with Crippen LogP contribution in [0.1, 0.15) is 46.3 Å². The fourth-order valence-corrected chi connectivity index (χ4v) is 5.54. The van der Waals surface area contributed by atoms with Gasteiger partial charge in [-0.05, 0) is 50.3 Å². The molecule has 2 amide bonds. The van der Waals surface area contributed by atoms with Crippen LogP contribution in [0.2, 0.25) is 0 Å². The largest absolute Gasteiger partial charge is 0.469 e. The van der Waals surface area contributed by atoms with Gasteiger partial charge in [-0.25, -0.2) is 4.79 Å². The Bertz CT molecular complexity index is 1420. The minimum Gasteiger partial charge on any atom is -0.469 e. The van der Waals surface area contributed by atoms with Crippen LogP contribution in [0.25, 0.3) is 0 Å². The van der Waals surface area contributed by atoms with Crippen LogP contribution in [0.4, 0.5) is 4.79 Å². The van der Waals surface area contributed by atoms with Crippen LogP contribution in [0.5, 0.6) is 0 Å². The number of amides is 2. The van der Waals surface area contributed by atoms with Crippen molar-refractivity contribution in [2.75, 3.05) is 20.8 Å². The summed E-state index contributed by atoms with van der Waals surface area (Å²) in [4.78, 5) is 52.0. The molecule has 0 aromatic carbocycles. The number of hydrogen-bond donors (Lipinski definition) is 4. The van der Waals surface area contributed by atoms with Crippen molar-refractivity contribution < 1.29 is 42.9 Å². The Morgan fingerprint density at radius 3 is 2.54 bits per heavy atom. The lowest BCUT2D eigenvalue weighted by Gasteiger charge is -2.30. The summed E-state index contributed by atoms with van der Waals surface area (Å²) in [6, 6.07) is 3.59. The number of primary amides is 1. The number of rotatable bonds is 7. The molecule has 3 rings (SSSR count). The number of aliphatic hydroxyl groups is 1. The van der Waals surface area contributed by atoms with E-state index in [1.54, 1.807) is 51.3 Å². The van der Waals surface area contributed by atoms with E-state index in [1.807, 2.05) is 13.0 Å². The number of ketones is 2. The fourth-order valence-electron chi connectivity index (χ4n) is 5.54. The molecule has 2 aliphatic rings. The Hall–Kier alpha value is -4.26. The van der Waals surface area contributed by atoms with Crippen molar-refractivity contribution >= 4 is 23.6 Å². The molecule has 6 atom stereocenters. The quantitative estimate of drug-likeness (QED) is 0.256. The third-order valence-corrected chi connectivity index (χ3v) is 8.05. The molecule has 0 saturated heterocycles. The highest BCUT2D eigenvalue weighted by atomic mass is 16.6. The van der Waals surface area contributed by atoms with Gasteiger partial charge in [0.15, 0.2) is 6.10 Å². The standard InChI is InChI=1S/C34H45N3O9/c1-19-15-24-29(36-13-12-23-10-8-14-45-23)26(38)18-25(31(24)40)37-33(41)20(2)9-7-11-27(43-5)32(46-34(35)42)22(4)17-21(3)30(39)28(16-19)44-6/h7-11,14,17-19,21,27-28,30,32,36,39H,12-13,15-16H2,1-6H3,(H2,35,42)(H,37,41)/b11-7-,20-9+,22-17+/t19-,21+,27+,28+,30-,32+/m1/s1. The van der Waals surface area contributed by atoms with Gasteiger partial charge in [-0.2, -0.15) is 0 Å². The zero-order chi connectivity index (χ0) is 34.0. The van der Waals surface area contributed by atoms with Crippen molar-refractivity contribution in [3.63, 3.8) is 0 Å². The number of aliphatic hydroxyl groups excluding tert-OH is 1. The van der Waals surface area contributed by atoms with Crippen LogP contribution < -0.4 is 16.4 Å². The number of nitrogens with one attached hydrogen (secondary N) is 2. The van der Waals surface area contributed by atoms with Crippen molar-refractivity contribution in [3.8, 4) is 0 Å². The summed E-state index contributed by atoms with van der Waals surface area (Å²) in [5.41, 5.74) is 6.45. The van der Waals surface area contributed by atoms with E-state index < -0.39 is 53.9 Å². The van der Waals surface area contributed by atoms with E-state index in [9.17, 15) is 24.3 Å². The Morgan fingerprint density at radius 1 is 1.17 bits per heavy atom. The van der Waals surface area contributed by atoms with E-state index in [-0.39, 0.29) is 34.9 Å². The van der Waals surface area contributed by atoms with Crippen LogP contribution in [-0.4, -0.2) is 73.9 Å². The second-order valence-electron chi connectivity index (χ2n) is 11.7. The summed E-state index contributed by atoms with van der Waals surface area (Å²) < 4.78 is 22.0. The summed E-state index contributed by atoms with van der Waals surface area (Å²) in [5.74, 6) is -1.45. The van der Waals surface area contributed by atoms with Gasteiger partial charge in [-0.1, -0.05) is 38.2 Å². The highest BCUT2D eigenvalue weighted by Crippen LogP contribution is 2.29. The lowest BCUT2D eigenvalue weighted by Crippen LogP contribution is -2.38. The first-order chi connectivity index (χ1) is 21.9. The van der Waals surface area contributed by atoms with Gasteiger partial charge in [0.05, 0.1) is 29.9 Å². The van der Waals surface area contributed by atoms with Gasteiger partial charge < -0.3 is 40.1 Å². The molecule has 5 N–H and O–H groups in total. The Kier molecular flexibility index (Phi) is 13.3. The van der Waals surface area contributed by atoms with E-state index in [0.717, 1.165) is 11.8 Å². The van der Waals surface area contributed by atoms with Crippen LogP contribution >= 0.6 is 0 Å². The molecule has 46 heavy (non-hydrogen) atoms. The zero-order valence-corrected chi connectivity index (χ0v) is 27.2. The molecule has 0 saturated carbocycles. The third-order valence-electron chi connectivity index (χ3n) is 8.05. The number of fused-ring (bicyclic) bond motifs is 2. The predicted octanol–water partition coefficient (Wildman–Crippen LogP) is 3.19. The van der Waals surface area contributed by atoms with E-state index in [0.29, 0.717) is 25.0 Å². The lowest BCUT2D eigenvalue weighted by molar-refractivity contribution is -0.120. The van der Waals surface area contributed by atoms with Gasteiger partial charge in [0.2, 0.25) is 11.6 Å². The molecular formula is C34H45N3O9. The van der Waals surface area contributed by atoms with Crippen molar-refractivity contribution in [3.05, 3.63) is 82.6 Å². The summed E-state index contributed by atoms with van der Waals surface area (Å²) in [7, 11) is 2.93. The van der Waals surface area contributed by atoms with Crippen LogP contribution in [0, 0.1) is 11.8 Å². The van der Waals surface area contributed by atoms with Gasteiger partial charge in [0.1, 0.15) is 11.9 Å². The summed E-state index contributed by atoms with van der Waals surface area (Å²) in [6.07, 6.45) is 5.79. The maximum atomic E-state index is 13.8. The Labute approximate surface area is 269 Å². The van der Waals surface area contributed by atoms with Crippen molar-refractivity contribution in [2.45, 2.75) is 71.4 Å². The number of hydrogen-bond acceptors (Lipinski definition) is 10. The molecule has 250 valence electrons. The first kappa shape index (κ1) is 36.2. The van der Waals surface area contributed by atoms with Crippen molar-refractivity contribution in [1.82, 2.24) is 10.6 Å². The van der Waals surface area contributed by atoms with Gasteiger partial charge in [-0.15, -0.1) is 0 Å². The average Bonchev–Trinajstić information content (AvgIpc) is 3.53. The number of carbonyl (C=O) groups is 4. The van der Waals surface area contributed by atoms with Gasteiger partial charge in [0.25, 0.3) is 5.91 Å². The number of ether oxygens (including phenoxy) is 3. The SMILES string of the molecule is CO[C@H]1/C=C\C=C(/C)C(=O)NC2=CC(=O)C(NCCc3ccco3)=C(C[C@@H](C)C[C@H](OC)[C@H](O)[C@@H](C)/C=C(\C)[C@@H]1OC(N)=O)C2=O. The number of furan rings is 1. The maximum Gasteiger partial charge on any atom is 0.405 e. The predicted molar refractivity (Wildman–Crippen MR) is 170 cm³/mol. The third kappa shape index (κ3) is 9.62. The smallest absolute Gasteiger partial charge is 0.405 e. The monoisotopic (exact) mass is 639 g/mol. The van der Waals surface area contributed by atoms with Crippen molar-refractivity contribution in [1.29, 1.82) is 0 Å². The molecule has 1 aromatic rings. The molecule has 2 bridgehead atoms. The number of allylic oxidation sites excluding steroid dienone is 4. The fraction of sp³-hybridized carbons (Fsp3) is 0.471. The number of methoxy groups -OCH3 is 2. The molecule has 1 aliphatic heterocycles. The number of carbonyl (C=O) groups excluding carboxylic acids is 4. The second kappa shape index (κ2) is 16.9. The second-order valence-corrected chi connectivity index (χ2v) is 11.7. The van der Waals surface area contributed by atoms with Gasteiger partial charge in [-0.3, -0.25) is 14.4 Å². The molecule has 0 radical (unpaired) electrons. The number of Topliss-reactive ketones (excluding diaryl/α,β-unsaturated/α-hetero) is 1. The zero-order valence-electron chi connectivity index (χ0n) is 27.2. The molecular weight excluding hydrogens is 594 g/mol. The first-order valence-corrected chi connectivity index (χ1v) is 15.2. The van der Waals surface area contributed by atoms with Crippen LogP contribution in [0.3, 0.4) is 0 Å². The molecule has 1 aliphatic carbocycles. The normalized spacial score (nSPS) is 30.0. The average molecular weight is 640 g/mol. The topological polar surface area (TPSA) is 179 Å². The highest BCUT2D eigenvalue weighted by Gasteiger charge is 2.33. The summed E-state index contributed by atoms with van der Waals surface area (Å²) in [5, 5.41) is 17.0. The molecule has 2 heterocycles.